The highest BCUT2D eigenvalue weighted by Gasteiger charge is 2.25. The molecule has 0 aromatic heterocycles. The fourth-order valence-corrected chi connectivity index (χ4v) is 4.68. The van der Waals surface area contributed by atoms with Crippen LogP contribution in [0.15, 0.2) is 52.6 Å². The van der Waals surface area contributed by atoms with Gasteiger partial charge in [0.25, 0.3) is 15.9 Å². The number of fused-ring (bicyclic) bond motifs is 1. The third kappa shape index (κ3) is 4.94. The molecule has 0 spiro atoms. The number of piperidine rings is 1. The minimum Gasteiger partial charge on any atom is -0.330 e. The van der Waals surface area contributed by atoms with E-state index in [1.165, 1.54) is 18.4 Å². The van der Waals surface area contributed by atoms with Crippen LogP contribution in [0.2, 0.25) is 0 Å². The molecular weight excluding hydrogens is 388 g/mol. The van der Waals surface area contributed by atoms with Crippen LogP contribution in [0.1, 0.15) is 25.3 Å². The van der Waals surface area contributed by atoms with Crippen LogP contribution in [0.25, 0.3) is 0 Å². The van der Waals surface area contributed by atoms with Gasteiger partial charge in [0.1, 0.15) is 5.84 Å². The summed E-state index contributed by atoms with van der Waals surface area (Å²) < 4.78 is 26.9. The second-order valence-electron chi connectivity index (χ2n) is 7.96. The third-order valence-corrected chi connectivity index (χ3v) is 6.74. The van der Waals surface area contributed by atoms with E-state index in [1.807, 2.05) is 12.1 Å². The summed E-state index contributed by atoms with van der Waals surface area (Å²) in [5, 5.41) is 2.90. The van der Waals surface area contributed by atoms with Crippen LogP contribution < -0.4 is 5.32 Å². The Labute approximate surface area is 171 Å². The van der Waals surface area contributed by atoms with Gasteiger partial charge in [-0.05, 0) is 61.7 Å². The number of likely N-dealkylation sites (tertiary alicyclic amines) is 1. The number of sulfonamides is 1. The maximum atomic E-state index is 12.6. The van der Waals surface area contributed by atoms with Crippen molar-refractivity contribution in [3.05, 3.63) is 53.8 Å². The molecule has 1 amide bonds. The van der Waals surface area contributed by atoms with Crippen molar-refractivity contribution in [2.24, 2.45) is 10.3 Å². The molecule has 0 saturated carbocycles. The van der Waals surface area contributed by atoms with Gasteiger partial charge in [-0.2, -0.15) is 0 Å². The average molecular weight is 415 g/mol. The van der Waals surface area contributed by atoms with Gasteiger partial charge in [0.2, 0.25) is 0 Å². The summed E-state index contributed by atoms with van der Waals surface area (Å²) in [6.45, 7) is 5.83. The predicted molar refractivity (Wildman–Crippen MR) is 114 cm³/mol. The van der Waals surface area contributed by atoms with Crippen LogP contribution in [-0.2, 0) is 21.4 Å². The van der Waals surface area contributed by atoms with Crippen LogP contribution in [0, 0.1) is 5.92 Å². The number of amidine groups is 1. The van der Waals surface area contributed by atoms with Crippen molar-refractivity contribution in [2.45, 2.75) is 26.3 Å². The van der Waals surface area contributed by atoms with E-state index in [9.17, 15) is 13.2 Å². The van der Waals surface area contributed by atoms with Gasteiger partial charge in [-0.15, -0.1) is 4.40 Å². The standard InChI is InChI=1S/C21H26N4O3S/c1-16-8-10-24(11-9-16)14-17-2-5-19(6-3-17)22-21(26)18-4-7-20-23-29(27,28)13-12-25(20)15-18/h2-7,15-16H,8-14H2,1H3,(H,22,26). The maximum absolute atomic E-state index is 12.6. The molecule has 1 saturated heterocycles. The van der Waals surface area contributed by atoms with Crippen LogP contribution in [-0.4, -0.2) is 55.3 Å². The Hall–Kier alpha value is -2.45. The molecule has 3 aliphatic rings. The highest BCUT2D eigenvalue weighted by atomic mass is 32.2. The van der Waals surface area contributed by atoms with E-state index in [2.05, 4.69) is 33.7 Å². The minimum absolute atomic E-state index is 0.0485. The highest BCUT2D eigenvalue weighted by Crippen LogP contribution is 2.20. The molecule has 0 atom stereocenters. The van der Waals surface area contributed by atoms with Gasteiger partial charge in [0, 0.05) is 25.0 Å². The molecule has 8 heteroatoms. The van der Waals surface area contributed by atoms with E-state index in [1.54, 1.807) is 23.3 Å². The van der Waals surface area contributed by atoms with Gasteiger partial charge in [0.15, 0.2) is 0 Å². The lowest BCUT2D eigenvalue weighted by Gasteiger charge is -2.30. The molecule has 154 valence electrons. The lowest BCUT2D eigenvalue weighted by Crippen LogP contribution is -2.37. The molecule has 1 N–H and O–H groups in total. The summed E-state index contributed by atoms with van der Waals surface area (Å²) in [5.74, 6) is 0.895. The summed E-state index contributed by atoms with van der Waals surface area (Å²) in [5.41, 5.74) is 2.44. The number of hydrogen-bond acceptors (Lipinski definition) is 5. The fourth-order valence-electron chi connectivity index (χ4n) is 3.71. The largest absolute Gasteiger partial charge is 0.330 e. The third-order valence-electron chi connectivity index (χ3n) is 5.58. The van der Waals surface area contributed by atoms with Crippen molar-refractivity contribution < 1.29 is 13.2 Å². The summed E-state index contributed by atoms with van der Waals surface area (Å²) in [4.78, 5) is 16.7. The monoisotopic (exact) mass is 414 g/mol. The molecule has 1 fully saturated rings. The Kier molecular flexibility index (Phi) is 5.56. The number of nitrogens with zero attached hydrogens (tertiary/aromatic N) is 3. The average Bonchev–Trinajstić information content (AvgIpc) is 2.70. The quantitative estimate of drug-likeness (QED) is 0.818. The van der Waals surface area contributed by atoms with Gasteiger partial charge in [-0.3, -0.25) is 9.69 Å². The van der Waals surface area contributed by atoms with Gasteiger partial charge >= 0.3 is 0 Å². The number of nitrogens with one attached hydrogen (secondary N) is 1. The predicted octanol–water partition coefficient (Wildman–Crippen LogP) is 2.35. The Morgan fingerprint density at radius 1 is 1.14 bits per heavy atom. The van der Waals surface area contributed by atoms with E-state index in [0.717, 1.165) is 31.2 Å². The van der Waals surface area contributed by atoms with Gasteiger partial charge < -0.3 is 10.2 Å². The minimum atomic E-state index is -3.40. The van der Waals surface area contributed by atoms with Crippen LogP contribution in [0.5, 0.6) is 0 Å². The Balaban J connectivity index is 1.35. The smallest absolute Gasteiger partial charge is 0.257 e. The zero-order chi connectivity index (χ0) is 20.4. The molecule has 4 rings (SSSR count). The number of carbonyl (C=O) groups is 1. The number of rotatable bonds is 4. The van der Waals surface area contributed by atoms with Crippen LogP contribution in [0.3, 0.4) is 0 Å². The lowest BCUT2D eigenvalue weighted by molar-refractivity contribution is -0.112. The molecule has 0 aliphatic carbocycles. The van der Waals surface area contributed by atoms with E-state index < -0.39 is 10.0 Å². The summed E-state index contributed by atoms with van der Waals surface area (Å²) >= 11 is 0. The molecule has 7 nitrogen and oxygen atoms in total. The van der Waals surface area contributed by atoms with Crippen molar-refractivity contribution in [2.75, 3.05) is 30.7 Å². The van der Waals surface area contributed by atoms with E-state index in [4.69, 9.17) is 0 Å². The Morgan fingerprint density at radius 2 is 1.86 bits per heavy atom. The van der Waals surface area contributed by atoms with Gasteiger partial charge in [0.05, 0.1) is 11.3 Å². The summed E-state index contributed by atoms with van der Waals surface area (Å²) in [7, 11) is -3.40. The zero-order valence-electron chi connectivity index (χ0n) is 16.5. The molecule has 0 unspecified atom stereocenters. The van der Waals surface area contributed by atoms with Crippen molar-refractivity contribution in [3.8, 4) is 0 Å². The molecule has 1 aromatic rings. The molecule has 1 aromatic carbocycles. The zero-order valence-corrected chi connectivity index (χ0v) is 17.4. The number of carbonyl (C=O) groups excluding carboxylic acids is 1. The van der Waals surface area contributed by atoms with Gasteiger partial charge in [-0.25, -0.2) is 8.42 Å². The molecule has 3 heterocycles. The number of anilines is 1. The lowest BCUT2D eigenvalue weighted by atomic mass is 9.99. The summed E-state index contributed by atoms with van der Waals surface area (Å²) in [6.07, 6.45) is 7.32. The van der Waals surface area contributed by atoms with E-state index >= 15 is 0 Å². The first kappa shape index (κ1) is 19.8. The maximum Gasteiger partial charge on any atom is 0.257 e. The SMILES string of the molecule is CC1CCN(Cc2ccc(NC(=O)C3=CN4CCS(=O)(=O)N=C4C=C3)cc2)CC1. The second kappa shape index (κ2) is 8.12. The first-order valence-corrected chi connectivity index (χ1v) is 11.6. The van der Waals surface area contributed by atoms with E-state index in [-0.39, 0.29) is 11.7 Å². The molecule has 3 aliphatic heterocycles. The van der Waals surface area contributed by atoms with Crippen molar-refractivity contribution in [1.82, 2.24) is 9.80 Å². The van der Waals surface area contributed by atoms with Crippen LogP contribution >= 0.6 is 0 Å². The van der Waals surface area contributed by atoms with Gasteiger partial charge in [-0.1, -0.05) is 19.1 Å². The summed E-state index contributed by atoms with van der Waals surface area (Å²) in [6, 6.07) is 7.96. The van der Waals surface area contributed by atoms with Crippen molar-refractivity contribution >= 4 is 27.5 Å². The molecule has 29 heavy (non-hydrogen) atoms. The number of benzene rings is 1. The molecular formula is C21H26N4O3S. The van der Waals surface area contributed by atoms with Crippen LogP contribution in [0.4, 0.5) is 5.69 Å². The normalized spacial score (nSPS) is 21.9. The first-order chi connectivity index (χ1) is 13.9. The fraction of sp³-hybridized carbons (Fsp3) is 0.429. The Bertz CT molecular complexity index is 972. The van der Waals surface area contributed by atoms with Crippen molar-refractivity contribution in [3.63, 3.8) is 0 Å². The molecule has 0 bridgehead atoms. The van der Waals surface area contributed by atoms with Crippen molar-refractivity contribution in [1.29, 1.82) is 0 Å². The number of hydrogen-bond donors (Lipinski definition) is 1. The Morgan fingerprint density at radius 3 is 2.59 bits per heavy atom. The number of amides is 1. The van der Waals surface area contributed by atoms with E-state index in [0.29, 0.717) is 18.0 Å². The second-order valence-corrected chi connectivity index (χ2v) is 9.71. The topological polar surface area (TPSA) is 82.1 Å². The molecule has 0 radical (unpaired) electrons. The highest BCUT2D eigenvalue weighted by molar-refractivity contribution is 7.90. The first-order valence-electron chi connectivity index (χ1n) is 10.00.